The fraction of sp³-hybridized carbons (Fsp3) is 0.552. The number of fused-ring (bicyclic) bond motifs is 1. The molecular formula is C29H34F3N7O3. The summed E-state index contributed by atoms with van der Waals surface area (Å²) in [5.74, 6) is -0.269. The number of halogens is 3. The predicted molar refractivity (Wildman–Crippen MR) is 148 cm³/mol. The van der Waals surface area contributed by atoms with E-state index < -0.39 is 23.4 Å². The summed E-state index contributed by atoms with van der Waals surface area (Å²) in [6, 6.07) is 6.94. The lowest BCUT2D eigenvalue weighted by Crippen LogP contribution is -2.45. The van der Waals surface area contributed by atoms with E-state index in [0.717, 1.165) is 44.9 Å². The minimum Gasteiger partial charge on any atom is -0.370 e. The number of aromatic nitrogens is 6. The summed E-state index contributed by atoms with van der Waals surface area (Å²) < 4.78 is 51.1. The zero-order valence-electron chi connectivity index (χ0n) is 23.5. The van der Waals surface area contributed by atoms with Gasteiger partial charge in [0.25, 0.3) is 0 Å². The third kappa shape index (κ3) is 5.07. The van der Waals surface area contributed by atoms with Crippen LogP contribution in [-0.4, -0.2) is 47.0 Å². The standard InChI is InChI=1S/C29H34F3N7O3/c1-16-11-13-18(14-12-16)15-39-21-22(33-17(2)19-7-6-8-19)34-24(25-37-27(40)42-38-25)35-23(21)36-26(39)28(41,29(30,31)32)20-9-4-3-5-10-20/h3-5,9-10,16-19,41H,6-8,11-15H2,1-2H3,(H,33,34,35)(H,37,38,40)/t16?,17-,18?,28?/m1/s1. The maximum Gasteiger partial charge on any atom is 0.439 e. The summed E-state index contributed by atoms with van der Waals surface area (Å²) in [5.41, 5.74) is -3.55. The van der Waals surface area contributed by atoms with Crippen LogP contribution < -0.4 is 11.1 Å². The molecule has 3 aromatic heterocycles. The van der Waals surface area contributed by atoms with E-state index in [9.17, 15) is 9.90 Å². The van der Waals surface area contributed by atoms with Gasteiger partial charge in [-0.25, -0.2) is 19.7 Å². The highest BCUT2D eigenvalue weighted by Gasteiger charge is 2.59. The lowest BCUT2D eigenvalue weighted by molar-refractivity contribution is -0.252. The van der Waals surface area contributed by atoms with Crippen LogP contribution in [0.3, 0.4) is 0 Å². The molecular weight excluding hydrogens is 551 g/mol. The van der Waals surface area contributed by atoms with Crippen LogP contribution in [0.4, 0.5) is 19.0 Å². The Hall–Kier alpha value is -3.74. The minimum absolute atomic E-state index is 0.0426. The molecule has 0 amide bonds. The van der Waals surface area contributed by atoms with Gasteiger partial charge in [0.15, 0.2) is 17.3 Å². The zero-order chi connectivity index (χ0) is 29.6. The van der Waals surface area contributed by atoms with Gasteiger partial charge >= 0.3 is 11.9 Å². The number of alkyl halides is 3. The van der Waals surface area contributed by atoms with Crippen molar-refractivity contribution in [3.8, 4) is 11.6 Å². The molecule has 2 aliphatic carbocycles. The number of H-pyrrole nitrogens is 1. The second kappa shape index (κ2) is 10.8. The van der Waals surface area contributed by atoms with Crippen molar-refractivity contribution in [3.63, 3.8) is 0 Å². The van der Waals surface area contributed by atoms with Gasteiger partial charge < -0.3 is 15.0 Å². The number of aliphatic hydroxyl groups is 1. The summed E-state index contributed by atoms with van der Waals surface area (Å²) in [6.07, 6.45) is 1.69. The van der Waals surface area contributed by atoms with E-state index in [1.807, 2.05) is 6.92 Å². The van der Waals surface area contributed by atoms with Crippen LogP contribution in [0.5, 0.6) is 0 Å². The number of hydrogen-bond acceptors (Lipinski definition) is 8. The fourth-order valence-corrected chi connectivity index (χ4v) is 6.16. The van der Waals surface area contributed by atoms with E-state index in [1.165, 1.54) is 28.8 Å². The van der Waals surface area contributed by atoms with Gasteiger partial charge in [-0.2, -0.15) is 13.2 Å². The molecule has 0 aliphatic heterocycles. The largest absolute Gasteiger partial charge is 0.439 e. The normalized spacial score (nSPS) is 22.0. The van der Waals surface area contributed by atoms with Gasteiger partial charge in [0.05, 0.1) is 0 Å². The zero-order valence-corrected chi connectivity index (χ0v) is 23.5. The van der Waals surface area contributed by atoms with Crippen molar-refractivity contribution < 1.29 is 22.8 Å². The van der Waals surface area contributed by atoms with E-state index in [-0.39, 0.29) is 52.7 Å². The molecule has 42 heavy (non-hydrogen) atoms. The van der Waals surface area contributed by atoms with Crippen molar-refractivity contribution >= 4 is 17.0 Å². The molecule has 1 aromatic carbocycles. The lowest BCUT2D eigenvalue weighted by atomic mass is 9.80. The fourth-order valence-electron chi connectivity index (χ4n) is 6.16. The van der Waals surface area contributed by atoms with E-state index >= 15 is 13.2 Å². The maximum absolute atomic E-state index is 15.0. The number of imidazole rings is 1. The Balaban J connectivity index is 1.59. The minimum atomic E-state index is -5.10. The van der Waals surface area contributed by atoms with Crippen LogP contribution in [0.2, 0.25) is 0 Å². The Morgan fingerprint density at radius 2 is 1.81 bits per heavy atom. The Bertz CT molecular complexity index is 1600. The van der Waals surface area contributed by atoms with Crippen molar-refractivity contribution in [2.24, 2.45) is 17.8 Å². The molecule has 3 heterocycles. The van der Waals surface area contributed by atoms with Crippen molar-refractivity contribution in [2.45, 2.75) is 83.2 Å². The van der Waals surface area contributed by atoms with Gasteiger partial charge in [0.2, 0.25) is 17.2 Å². The lowest BCUT2D eigenvalue weighted by Gasteiger charge is -2.33. The van der Waals surface area contributed by atoms with Gasteiger partial charge in [-0.3, -0.25) is 9.51 Å². The molecule has 1 unspecified atom stereocenters. The quantitative estimate of drug-likeness (QED) is 0.250. The first kappa shape index (κ1) is 28.4. The molecule has 2 saturated carbocycles. The smallest absolute Gasteiger partial charge is 0.370 e. The number of rotatable bonds is 8. The number of hydrogen-bond donors (Lipinski definition) is 3. The molecule has 0 saturated heterocycles. The summed E-state index contributed by atoms with van der Waals surface area (Å²) in [4.78, 5) is 27.5. The van der Waals surface area contributed by atoms with Crippen molar-refractivity contribution in [1.29, 1.82) is 0 Å². The van der Waals surface area contributed by atoms with Crippen LogP contribution in [0.25, 0.3) is 22.8 Å². The summed E-state index contributed by atoms with van der Waals surface area (Å²) in [6.45, 7) is 4.40. The number of anilines is 1. The van der Waals surface area contributed by atoms with Gasteiger partial charge in [0, 0.05) is 18.2 Å². The van der Waals surface area contributed by atoms with E-state index in [1.54, 1.807) is 6.07 Å². The second-order valence-corrected chi connectivity index (χ2v) is 11.9. The molecule has 2 atom stereocenters. The Kier molecular flexibility index (Phi) is 7.32. The second-order valence-electron chi connectivity index (χ2n) is 11.9. The Morgan fingerprint density at radius 1 is 1.10 bits per heavy atom. The third-order valence-corrected chi connectivity index (χ3v) is 8.98. The molecule has 0 spiro atoms. The molecule has 224 valence electrons. The maximum atomic E-state index is 15.0. The van der Waals surface area contributed by atoms with Gasteiger partial charge in [0.1, 0.15) is 5.52 Å². The van der Waals surface area contributed by atoms with Gasteiger partial charge in [-0.15, -0.1) is 0 Å². The molecule has 3 N–H and O–H groups in total. The number of nitrogens with one attached hydrogen (secondary N) is 2. The molecule has 2 fully saturated rings. The number of nitrogens with zero attached hydrogens (tertiary/aromatic N) is 5. The summed E-state index contributed by atoms with van der Waals surface area (Å²) >= 11 is 0. The molecule has 0 radical (unpaired) electrons. The molecule has 6 rings (SSSR count). The first-order chi connectivity index (χ1) is 20.0. The van der Waals surface area contributed by atoms with Crippen LogP contribution in [0.1, 0.15) is 70.2 Å². The molecule has 2 aliphatic rings. The van der Waals surface area contributed by atoms with Crippen LogP contribution in [-0.2, 0) is 12.1 Å². The highest BCUT2D eigenvalue weighted by atomic mass is 19.4. The summed E-state index contributed by atoms with van der Waals surface area (Å²) in [7, 11) is 0. The third-order valence-electron chi connectivity index (χ3n) is 8.98. The number of benzene rings is 1. The highest BCUT2D eigenvalue weighted by molar-refractivity contribution is 5.86. The predicted octanol–water partition coefficient (Wildman–Crippen LogP) is 5.39. The van der Waals surface area contributed by atoms with Crippen molar-refractivity contribution in [3.05, 3.63) is 52.3 Å². The molecule has 10 nitrogen and oxygen atoms in total. The Morgan fingerprint density at radius 3 is 2.40 bits per heavy atom. The van der Waals surface area contributed by atoms with Gasteiger partial charge in [-0.05, 0) is 50.4 Å². The molecule has 4 aromatic rings. The van der Waals surface area contributed by atoms with Gasteiger partial charge in [-0.1, -0.05) is 61.7 Å². The highest BCUT2D eigenvalue weighted by Crippen LogP contribution is 2.46. The molecule has 0 bridgehead atoms. The van der Waals surface area contributed by atoms with E-state index in [2.05, 4.69) is 41.9 Å². The van der Waals surface area contributed by atoms with Crippen LogP contribution in [0, 0.1) is 17.8 Å². The van der Waals surface area contributed by atoms with E-state index in [4.69, 9.17) is 0 Å². The topological polar surface area (TPSA) is 135 Å². The van der Waals surface area contributed by atoms with E-state index in [0.29, 0.717) is 11.8 Å². The van der Waals surface area contributed by atoms with Crippen molar-refractivity contribution in [2.75, 3.05) is 5.32 Å². The average molecular weight is 586 g/mol. The SMILES string of the molecule is CC1CCC(Cn2c(C(O)(c3ccccc3)C(F)(F)F)nc3nc(-c4noc(=O)[nH]4)nc(N[C@H](C)C4CCC4)c32)CC1. The average Bonchev–Trinajstić information content (AvgIpc) is 3.52. The number of aromatic amines is 1. The Labute approximate surface area is 239 Å². The summed E-state index contributed by atoms with van der Waals surface area (Å²) in [5, 5.41) is 18.8. The first-order valence-corrected chi connectivity index (χ1v) is 14.5. The van der Waals surface area contributed by atoms with Crippen molar-refractivity contribution in [1.82, 2.24) is 29.7 Å². The molecule has 13 heteroatoms. The monoisotopic (exact) mass is 585 g/mol. The first-order valence-electron chi connectivity index (χ1n) is 14.5. The van der Waals surface area contributed by atoms with Crippen LogP contribution in [0.15, 0.2) is 39.6 Å². The van der Waals surface area contributed by atoms with Crippen LogP contribution >= 0.6 is 0 Å².